The first-order valence-corrected chi connectivity index (χ1v) is 6.85. The number of likely N-dealkylation sites (N-methyl/N-ethyl adjacent to an activating group) is 1. The molecule has 0 spiro atoms. The van der Waals surface area contributed by atoms with Crippen LogP contribution in [0.15, 0.2) is 36.7 Å². The fourth-order valence-corrected chi connectivity index (χ4v) is 2.07. The Kier molecular flexibility index (Phi) is 4.63. The number of nitrogens with zero attached hydrogens (tertiary/aromatic N) is 3. The van der Waals surface area contributed by atoms with Crippen molar-refractivity contribution in [2.75, 3.05) is 18.5 Å². The van der Waals surface area contributed by atoms with Gasteiger partial charge in [-0.1, -0.05) is 12.2 Å². The number of aromatic nitrogens is 2. The first kappa shape index (κ1) is 14.4. The molecular formula is C15H18N4S. The first-order chi connectivity index (χ1) is 9.56. The Hall–Kier alpha value is -2.01. The van der Waals surface area contributed by atoms with Gasteiger partial charge in [-0.15, -0.1) is 0 Å². The molecule has 2 rings (SSSR count). The maximum atomic E-state index is 5.69. The zero-order chi connectivity index (χ0) is 14.5. The van der Waals surface area contributed by atoms with Crippen LogP contribution in [0.1, 0.15) is 16.8 Å². The van der Waals surface area contributed by atoms with Crippen molar-refractivity contribution in [3.63, 3.8) is 0 Å². The van der Waals surface area contributed by atoms with Gasteiger partial charge in [0.15, 0.2) is 0 Å². The maximum absolute atomic E-state index is 5.69. The lowest BCUT2D eigenvalue weighted by Gasteiger charge is -2.19. The van der Waals surface area contributed by atoms with Gasteiger partial charge in [-0.05, 0) is 43.2 Å². The van der Waals surface area contributed by atoms with Crippen LogP contribution in [-0.2, 0) is 6.42 Å². The van der Waals surface area contributed by atoms with Gasteiger partial charge in [0.25, 0.3) is 0 Å². The number of anilines is 1. The molecule has 0 aliphatic heterocycles. The van der Waals surface area contributed by atoms with Crippen molar-refractivity contribution in [3.05, 3.63) is 53.5 Å². The van der Waals surface area contributed by atoms with Gasteiger partial charge in [0.05, 0.1) is 0 Å². The van der Waals surface area contributed by atoms with Gasteiger partial charge in [0.1, 0.15) is 10.8 Å². The number of hydrogen-bond acceptors (Lipinski definition) is 4. The molecular weight excluding hydrogens is 268 g/mol. The minimum Gasteiger partial charge on any atom is -0.389 e. The summed E-state index contributed by atoms with van der Waals surface area (Å²) in [5.41, 5.74) is 8.73. The minimum atomic E-state index is 0.402. The van der Waals surface area contributed by atoms with Crippen LogP contribution in [0.2, 0.25) is 0 Å². The Morgan fingerprint density at radius 3 is 2.65 bits per heavy atom. The quantitative estimate of drug-likeness (QED) is 0.853. The van der Waals surface area contributed by atoms with Gasteiger partial charge in [0, 0.05) is 37.2 Å². The van der Waals surface area contributed by atoms with Crippen LogP contribution in [0.3, 0.4) is 0 Å². The number of aryl methyl sites for hydroxylation is 1. The van der Waals surface area contributed by atoms with E-state index in [0.29, 0.717) is 4.99 Å². The molecule has 0 amide bonds. The highest BCUT2D eigenvalue weighted by atomic mass is 32.1. The second-order valence-corrected chi connectivity index (χ2v) is 5.19. The van der Waals surface area contributed by atoms with Crippen LogP contribution in [0.5, 0.6) is 0 Å². The molecule has 104 valence electrons. The molecule has 2 N–H and O–H groups in total. The van der Waals surface area contributed by atoms with E-state index in [1.54, 1.807) is 0 Å². The van der Waals surface area contributed by atoms with E-state index in [9.17, 15) is 0 Å². The summed E-state index contributed by atoms with van der Waals surface area (Å²) in [6.45, 7) is 2.82. The second kappa shape index (κ2) is 6.43. The largest absolute Gasteiger partial charge is 0.389 e. The molecule has 0 fully saturated rings. The molecule has 0 atom stereocenters. The molecule has 0 aliphatic carbocycles. The molecule has 0 aliphatic rings. The standard InChI is InChI=1S/C15H18N4S/c1-11-9-13(15(16)20)10-14(18-11)19(2)8-5-12-3-6-17-7-4-12/h3-4,6-7,9-10H,5,8H2,1-2H3,(H2,16,20). The Morgan fingerprint density at radius 2 is 2.00 bits per heavy atom. The SMILES string of the molecule is Cc1cc(C(N)=S)cc(N(C)CCc2ccncc2)n1. The summed E-state index contributed by atoms with van der Waals surface area (Å²) in [6.07, 6.45) is 4.56. The van der Waals surface area contributed by atoms with Gasteiger partial charge in [0.2, 0.25) is 0 Å². The summed E-state index contributed by atoms with van der Waals surface area (Å²) in [6, 6.07) is 7.89. The predicted molar refractivity (Wildman–Crippen MR) is 86.1 cm³/mol. The molecule has 2 aromatic heterocycles. The molecule has 0 aromatic carbocycles. The minimum absolute atomic E-state index is 0.402. The number of rotatable bonds is 5. The van der Waals surface area contributed by atoms with Crippen LogP contribution >= 0.6 is 12.2 Å². The number of thiocarbonyl (C=S) groups is 1. The van der Waals surface area contributed by atoms with Crippen molar-refractivity contribution in [1.82, 2.24) is 9.97 Å². The zero-order valence-corrected chi connectivity index (χ0v) is 12.5. The average molecular weight is 286 g/mol. The number of nitrogens with two attached hydrogens (primary N) is 1. The molecule has 5 heteroatoms. The smallest absolute Gasteiger partial charge is 0.129 e. The highest BCUT2D eigenvalue weighted by Crippen LogP contribution is 2.14. The second-order valence-electron chi connectivity index (χ2n) is 4.75. The van der Waals surface area contributed by atoms with Crippen LogP contribution in [-0.4, -0.2) is 28.5 Å². The van der Waals surface area contributed by atoms with Crippen molar-refractivity contribution in [2.24, 2.45) is 5.73 Å². The fraction of sp³-hybridized carbons (Fsp3) is 0.267. The van der Waals surface area contributed by atoms with E-state index in [2.05, 4.69) is 14.9 Å². The van der Waals surface area contributed by atoms with Crippen molar-refractivity contribution in [2.45, 2.75) is 13.3 Å². The van der Waals surface area contributed by atoms with Crippen LogP contribution < -0.4 is 10.6 Å². The molecule has 4 nitrogen and oxygen atoms in total. The molecule has 20 heavy (non-hydrogen) atoms. The lowest BCUT2D eigenvalue weighted by Crippen LogP contribution is -2.22. The van der Waals surface area contributed by atoms with Gasteiger partial charge >= 0.3 is 0 Å². The molecule has 0 bridgehead atoms. The first-order valence-electron chi connectivity index (χ1n) is 6.45. The van der Waals surface area contributed by atoms with Crippen molar-refractivity contribution in [3.8, 4) is 0 Å². The van der Waals surface area contributed by atoms with E-state index < -0.39 is 0 Å². The summed E-state index contributed by atoms with van der Waals surface area (Å²) in [5.74, 6) is 0.891. The molecule has 2 heterocycles. The summed E-state index contributed by atoms with van der Waals surface area (Å²) < 4.78 is 0. The van der Waals surface area contributed by atoms with Crippen molar-refractivity contribution in [1.29, 1.82) is 0 Å². The summed E-state index contributed by atoms with van der Waals surface area (Å²) in [7, 11) is 2.02. The zero-order valence-electron chi connectivity index (χ0n) is 11.7. The van der Waals surface area contributed by atoms with E-state index in [-0.39, 0.29) is 0 Å². The lowest BCUT2D eigenvalue weighted by molar-refractivity contribution is 0.854. The Bertz CT molecular complexity index is 598. The Labute approximate surface area is 124 Å². The van der Waals surface area contributed by atoms with Gasteiger partial charge in [-0.25, -0.2) is 4.98 Å². The summed E-state index contributed by atoms with van der Waals surface area (Å²) in [4.78, 5) is 11.1. The third kappa shape index (κ3) is 3.74. The third-order valence-corrected chi connectivity index (χ3v) is 3.34. The lowest BCUT2D eigenvalue weighted by atomic mass is 10.2. The average Bonchev–Trinajstić information content (AvgIpc) is 2.45. The van der Waals surface area contributed by atoms with Crippen LogP contribution in [0.4, 0.5) is 5.82 Å². The fourth-order valence-electron chi connectivity index (χ4n) is 1.95. The molecule has 0 saturated carbocycles. The highest BCUT2D eigenvalue weighted by Gasteiger charge is 2.07. The predicted octanol–water partition coefficient (Wildman–Crippen LogP) is 2.10. The van der Waals surface area contributed by atoms with Gasteiger partial charge in [-0.2, -0.15) is 0 Å². The monoisotopic (exact) mass is 286 g/mol. The van der Waals surface area contributed by atoms with Crippen molar-refractivity contribution >= 4 is 23.0 Å². The Morgan fingerprint density at radius 1 is 1.30 bits per heavy atom. The van der Waals surface area contributed by atoms with E-state index >= 15 is 0 Å². The summed E-state index contributed by atoms with van der Waals surface area (Å²) in [5, 5.41) is 0. The highest BCUT2D eigenvalue weighted by molar-refractivity contribution is 7.80. The number of pyridine rings is 2. The van der Waals surface area contributed by atoms with Crippen LogP contribution in [0.25, 0.3) is 0 Å². The molecule has 0 saturated heterocycles. The molecule has 2 aromatic rings. The molecule has 0 radical (unpaired) electrons. The van der Waals surface area contributed by atoms with E-state index in [0.717, 1.165) is 30.0 Å². The normalized spacial score (nSPS) is 10.3. The van der Waals surface area contributed by atoms with E-state index in [1.807, 2.05) is 50.6 Å². The topological polar surface area (TPSA) is 55.0 Å². The third-order valence-electron chi connectivity index (χ3n) is 3.10. The Balaban J connectivity index is 2.09. The summed E-state index contributed by atoms with van der Waals surface area (Å²) >= 11 is 5.03. The van der Waals surface area contributed by atoms with E-state index in [4.69, 9.17) is 18.0 Å². The van der Waals surface area contributed by atoms with Gasteiger partial charge in [-0.3, -0.25) is 4.98 Å². The van der Waals surface area contributed by atoms with Gasteiger partial charge < -0.3 is 10.6 Å². The van der Waals surface area contributed by atoms with Crippen LogP contribution in [0, 0.1) is 6.92 Å². The van der Waals surface area contributed by atoms with E-state index in [1.165, 1.54) is 5.56 Å². The maximum Gasteiger partial charge on any atom is 0.129 e. The number of hydrogen-bond donors (Lipinski definition) is 1. The molecule has 0 unspecified atom stereocenters. The van der Waals surface area contributed by atoms with Crippen molar-refractivity contribution < 1.29 is 0 Å².